The van der Waals surface area contributed by atoms with Gasteiger partial charge in [-0.25, -0.2) is 0 Å². The number of carbonyl (C=O) groups excluding carboxylic acids is 1. The first-order valence-electron chi connectivity index (χ1n) is 4.81. The maximum atomic E-state index is 11.3. The SMILES string of the molecule is NC(=O)c1ccc2c3c(cccc13)C=C2. The zero-order chi connectivity index (χ0) is 10.4. The molecular weight excluding hydrogens is 186 g/mol. The lowest BCUT2D eigenvalue weighted by atomic mass is 9.99. The van der Waals surface area contributed by atoms with Crippen molar-refractivity contribution in [1.29, 1.82) is 0 Å². The van der Waals surface area contributed by atoms with Crippen LogP contribution >= 0.6 is 0 Å². The number of rotatable bonds is 1. The average Bonchev–Trinajstić information content (AvgIpc) is 2.64. The van der Waals surface area contributed by atoms with E-state index in [4.69, 9.17) is 5.73 Å². The third kappa shape index (κ3) is 1.02. The molecular formula is C13H9NO. The normalized spacial score (nSPS) is 12.3. The maximum absolute atomic E-state index is 11.3. The van der Waals surface area contributed by atoms with E-state index in [1.807, 2.05) is 24.3 Å². The molecule has 2 N–H and O–H groups in total. The fourth-order valence-corrected chi connectivity index (χ4v) is 2.14. The maximum Gasteiger partial charge on any atom is 0.249 e. The van der Waals surface area contributed by atoms with Crippen LogP contribution in [0.2, 0.25) is 0 Å². The third-order valence-corrected chi connectivity index (χ3v) is 2.81. The molecule has 0 saturated carbocycles. The van der Waals surface area contributed by atoms with Crippen molar-refractivity contribution in [2.24, 2.45) is 5.73 Å². The van der Waals surface area contributed by atoms with Crippen LogP contribution < -0.4 is 5.73 Å². The van der Waals surface area contributed by atoms with Crippen molar-refractivity contribution in [1.82, 2.24) is 0 Å². The Morgan fingerprint density at radius 1 is 1.00 bits per heavy atom. The summed E-state index contributed by atoms with van der Waals surface area (Å²) in [7, 11) is 0. The monoisotopic (exact) mass is 195 g/mol. The van der Waals surface area contributed by atoms with Crippen LogP contribution in [0.15, 0.2) is 30.3 Å². The smallest absolute Gasteiger partial charge is 0.249 e. The molecule has 0 aliphatic heterocycles. The fraction of sp³-hybridized carbons (Fsp3) is 0. The molecule has 1 amide bonds. The van der Waals surface area contributed by atoms with E-state index in [2.05, 4.69) is 12.2 Å². The van der Waals surface area contributed by atoms with Crippen molar-refractivity contribution in [3.63, 3.8) is 0 Å². The number of hydrogen-bond acceptors (Lipinski definition) is 1. The number of benzene rings is 2. The first-order valence-corrected chi connectivity index (χ1v) is 4.81. The van der Waals surface area contributed by atoms with Gasteiger partial charge >= 0.3 is 0 Å². The molecule has 2 aromatic rings. The molecule has 2 nitrogen and oxygen atoms in total. The predicted molar refractivity (Wildman–Crippen MR) is 61.4 cm³/mol. The fourth-order valence-electron chi connectivity index (χ4n) is 2.14. The van der Waals surface area contributed by atoms with Crippen LogP contribution in [0.4, 0.5) is 0 Å². The summed E-state index contributed by atoms with van der Waals surface area (Å²) in [5.41, 5.74) is 8.25. The highest BCUT2D eigenvalue weighted by Gasteiger charge is 2.13. The molecule has 0 bridgehead atoms. The van der Waals surface area contributed by atoms with Gasteiger partial charge in [-0.3, -0.25) is 4.79 Å². The van der Waals surface area contributed by atoms with E-state index < -0.39 is 0 Å². The van der Waals surface area contributed by atoms with E-state index in [0.717, 1.165) is 21.9 Å². The van der Waals surface area contributed by atoms with Crippen LogP contribution in [0.25, 0.3) is 22.9 Å². The zero-order valence-corrected chi connectivity index (χ0v) is 8.03. The van der Waals surface area contributed by atoms with Crippen LogP contribution in [0.5, 0.6) is 0 Å². The minimum absolute atomic E-state index is 0.370. The van der Waals surface area contributed by atoms with E-state index >= 15 is 0 Å². The largest absolute Gasteiger partial charge is 0.366 e. The van der Waals surface area contributed by atoms with E-state index in [0.29, 0.717) is 5.56 Å². The summed E-state index contributed by atoms with van der Waals surface area (Å²) in [5, 5.41) is 2.08. The predicted octanol–water partition coefficient (Wildman–Crippen LogP) is 2.42. The minimum atomic E-state index is -0.370. The van der Waals surface area contributed by atoms with Crippen LogP contribution in [0.1, 0.15) is 21.5 Å². The highest BCUT2D eigenvalue weighted by atomic mass is 16.1. The second-order valence-electron chi connectivity index (χ2n) is 3.67. The molecule has 0 radical (unpaired) electrons. The molecule has 15 heavy (non-hydrogen) atoms. The second kappa shape index (κ2) is 2.70. The average molecular weight is 195 g/mol. The van der Waals surface area contributed by atoms with Crippen molar-refractivity contribution in [2.45, 2.75) is 0 Å². The first kappa shape index (κ1) is 8.24. The van der Waals surface area contributed by atoms with Crippen molar-refractivity contribution in [3.05, 3.63) is 47.0 Å². The minimum Gasteiger partial charge on any atom is -0.366 e. The van der Waals surface area contributed by atoms with Gasteiger partial charge in [0.25, 0.3) is 0 Å². The number of amides is 1. The quantitative estimate of drug-likeness (QED) is 0.636. The molecule has 3 rings (SSSR count). The molecule has 2 aromatic carbocycles. The number of hydrogen-bond donors (Lipinski definition) is 1. The Hall–Kier alpha value is -2.09. The van der Waals surface area contributed by atoms with E-state index in [9.17, 15) is 4.79 Å². The van der Waals surface area contributed by atoms with Crippen LogP contribution in [0.3, 0.4) is 0 Å². The summed E-state index contributed by atoms with van der Waals surface area (Å²) in [6.07, 6.45) is 4.12. The lowest BCUT2D eigenvalue weighted by Crippen LogP contribution is -2.11. The van der Waals surface area contributed by atoms with Gasteiger partial charge in [-0.1, -0.05) is 36.4 Å². The van der Waals surface area contributed by atoms with Crippen LogP contribution in [-0.2, 0) is 0 Å². The topological polar surface area (TPSA) is 43.1 Å². The van der Waals surface area contributed by atoms with Gasteiger partial charge in [0.2, 0.25) is 5.91 Å². The summed E-state index contributed by atoms with van der Waals surface area (Å²) in [4.78, 5) is 11.3. The Morgan fingerprint density at radius 2 is 1.73 bits per heavy atom. The molecule has 2 heteroatoms. The van der Waals surface area contributed by atoms with Gasteiger partial charge in [-0.2, -0.15) is 0 Å². The van der Waals surface area contributed by atoms with Gasteiger partial charge in [-0.15, -0.1) is 0 Å². The molecule has 1 aliphatic carbocycles. The molecule has 1 aliphatic rings. The number of nitrogens with two attached hydrogens (primary N) is 1. The Kier molecular flexibility index (Phi) is 1.48. The molecule has 0 saturated heterocycles. The van der Waals surface area contributed by atoms with Gasteiger partial charge in [0.05, 0.1) is 0 Å². The molecule has 0 spiro atoms. The van der Waals surface area contributed by atoms with Gasteiger partial charge in [0.1, 0.15) is 0 Å². The van der Waals surface area contributed by atoms with Gasteiger partial charge < -0.3 is 5.73 Å². The summed E-state index contributed by atoms with van der Waals surface area (Å²) in [6.45, 7) is 0. The van der Waals surface area contributed by atoms with Gasteiger partial charge in [0.15, 0.2) is 0 Å². The van der Waals surface area contributed by atoms with Crippen LogP contribution in [0, 0.1) is 0 Å². The summed E-state index contributed by atoms with van der Waals surface area (Å²) in [5.74, 6) is -0.370. The molecule has 0 unspecified atom stereocenters. The van der Waals surface area contributed by atoms with Crippen molar-refractivity contribution in [2.75, 3.05) is 0 Å². The molecule has 72 valence electrons. The highest BCUT2D eigenvalue weighted by molar-refractivity contribution is 6.13. The zero-order valence-electron chi connectivity index (χ0n) is 8.03. The first-order chi connectivity index (χ1) is 7.27. The van der Waals surface area contributed by atoms with Gasteiger partial charge in [0, 0.05) is 5.56 Å². The Bertz CT molecular complexity index is 599. The number of carbonyl (C=O) groups is 1. The lowest BCUT2D eigenvalue weighted by Gasteiger charge is -2.05. The van der Waals surface area contributed by atoms with Crippen molar-refractivity contribution < 1.29 is 4.79 Å². The molecule has 0 aromatic heterocycles. The van der Waals surface area contributed by atoms with E-state index in [1.54, 1.807) is 6.07 Å². The van der Waals surface area contributed by atoms with E-state index in [-0.39, 0.29) is 5.91 Å². The molecule has 0 heterocycles. The Labute approximate surface area is 87.0 Å². The number of primary amides is 1. The molecule has 0 atom stereocenters. The summed E-state index contributed by atoms with van der Waals surface area (Å²) >= 11 is 0. The Balaban J connectivity index is 2.52. The van der Waals surface area contributed by atoms with Gasteiger partial charge in [-0.05, 0) is 28.0 Å². The highest BCUT2D eigenvalue weighted by Crippen LogP contribution is 2.32. The second-order valence-corrected chi connectivity index (χ2v) is 3.67. The van der Waals surface area contributed by atoms with E-state index in [1.165, 1.54) is 0 Å². The molecule has 0 fully saturated rings. The van der Waals surface area contributed by atoms with Crippen LogP contribution in [-0.4, -0.2) is 5.91 Å². The van der Waals surface area contributed by atoms with Crippen molar-refractivity contribution >= 4 is 28.8 Å². The Morgan fingerprint density at radius 3 is 2.47 bits per heavy atom. The summed E-state index contributed by atoms with van der Waals surface area (Å²) in [6, 6.07) is 9.66. The lowest BCUT2D eigenvalue weighted by molar-refractivity contribution is 0.100. The van der Waals surface area contributed by atoms with Crippen molar-refractivity contribution in [3.8, 4) is 0 Å². The standard InChI is InChI=1S/C13H9NO/c14-13(15)11-7-6-9-5-4-8-2-1-3-10(11)12(8)9/h1-7H,(H2,14,15). The summed E-state index contributed by atoms with van der Waals surface area (Å²) < 4.78 is 0. The third-order valence-electron chi connectivity index (χ3n) is 2.81.